The third kappa shape index (κ3) is 4.59. The molecule has 2 heterocycles. The van der Waals surface area contributed by atoms with Crippen molar-refractivity contribution in [3.8, 4) is 11.5 Å². The Labute approximate surface area is 206 Å². The molecule has 0 saturated heterocycles. The lowest BCUT2D eigenvalue weighted by atomic mass is 9.96. The van der Waals surface area contributed by atoms with Crippen molar-refractivity contribution in [2.75, 3.05) is 32.7 Å². The number of rotatable bonds is 6. The molecule has 0 amide bonds. The molecular formula is C26H27N3O5S. The molecule has 2 aromatic carbocycles. The van der Waals surface area contributed by atoms with Gasteiger partial charge in [-0.15, -0.1) is 0 Å². The Hall–Kier alpha value is -3.85. The molecule has 9 heteroatoms. The molecule has 4 rings (SSSR count). The molecule has 1 aliphatic rings. The third-order valence-electron chi connectivity index (χ3n) is 5.77. The number of allylic oxidation sites excluding steroid dienone is 1. The molecule has 0 aliphatic carbocycles. The van der Waals surface area contributed by atoms with Gasteiger partial charge in [0.05, 0.1) is 23.8 Å². The van der Waals surface area contributed by atoms with Crippen LogP contribution in [0.15, 0.2) is 57.8 Å². The van der Waals surface area contributed by atoms with Gasteiger partial charge < -0.3 is 19.5 Å². The first-order valence-electron chi connectivity index (χ1n) is 11.1. The quantitative estimate of drug-likeness (QED) is 0.531. The normalized spacial score (nSPS) is 15.5. The zero-order valence-electron chi connectivity index (χ0n) is 20.2. The Morgan fingerprint density at radius 3 is 2.57 bits per heavy atom. The monoisotopic (exact) mass is 493 g/mol. The van der Waals surface area contributed by atoms with Crippen LogP contribution in [0.25, 0.3) is 11.8 Å². The number of phenolic OH excluding ortho intramolecular Hbond substituents is 1. The van der Waals surface area contributed by atoms with Crippen LogP contribution in [0.5, 0.6) is 11.5 Å². The molecule has 1 aromatic heterocycles. The number of aromatic nitrogens is 1. The molecule has 0 spiro atoms. The van der Waals surface area contributed by atoms with Crippen LogP contribution in [0, 0.1) is 0 Å². The Kier molecular flexibility index (Phi) is 6.79. The third-order valence-corrected chi connectivity index (χ3v) is 6.75. The van der Waals surface area contributed by atoms with Crippen LogP contribution >= 0.6 is 11.3 Å². The number of methoxy groups -OCH3 is 1. The zero-order valence-corrected chi connectivity index (χ0v) is 21.0. The van der Waals surface area contributed by atoms with Crippen molar-refractivity contribution < 1.29 is 19.4 Å². The van der Waals surface area contributed by atoms with Gasteiger partial charge in [0.15, 0.2) is 16.3 Å². The fourth-order valence-electron chi connectivity index (χ4n) is 3.95. The minimum atomic E-state index is -0.593. The molecular weight excluding hydrogens is 466 g/mol. The van der Waals surface area contributed by atoms with Crippen molar-refractivity contribution in [1.82, 2.24) is 4.57 Å². The lowest BCUT2D eigenvalue weighted by Crippen LogP contribution is -2.35. The average Bonchev–Trinajstić information content (AvgIpc) is 3.15. The zero-order chi connectivity index (χ0) is 25.3. The standard InChI is InChI=1S/C26H27N3O5S/c1-6-34-25(32)22-15(2)29-24(31)21(14-16-7-12-19(30)20(13-16)33-5)35-26(29)27-23(22)17-8-10-18(11-9-17)28(3)4/h7-14,23,30H,6H2,1-5H3/b21-14-/t23-/m0/s1. The molecule has 1 aliphatic heterocycles. The van der Waals surface area contributed by atoms with Gasteiger partial charge in [-0.05, 0) is 55.3 Å². The fraction of sp³-hybridized carbons (Fsp3) is 0.269. The maximum absolute atomic E-state index is 13.3. The first-order chi connectivity index (χ1) is 16.7. The number of fused-ring (bicyclic) bond motifs is 1. The van der Waals surface area contributed by atoms with Gasteiger partial charge in [0.1, 0.15) is 6.04 Å². The van der Waals surface area contributed by atoms with Crippen molar-refractivity contribution in [2.24, 2.45) is 4.99 Å². The van der Waals surface area contributed by atoms with E-state index in [9.17, 15) is 14.7 Å². The van der Waals surface area contributed by atoms with Gasteiger partial charge >= 0.3 is 5.97 Å². The highest BCUT2D eigenvalue weighted by molar-refractivity contribution is 7.07. The molecule has 1 atom stereocenters. The summed E-state index contributed by atoms with van der Waals surface area (Å²) in [5.74, 6) is -0.164. The summed E-state index contributed by atoms with van der Waals surface area (Å²) in [4.78, 5) is 33.6. The highest BCUT2D eigenvalue weighted by Gasteiger charge is 2.31. The van der Waals surface area contributed by atoms with Crippen LogP contribution in [0.4, 0.5) is 5.69 Å². The van der Waals surface area contributed by atoms with Crippen LogP contribution in [0.2, 0.25) is 0 Å². The van der Waals surface area contributed by atoms with Gasteiger partial charge in [0.25, 0.3) is 5.56 Å². The predicted octanol–water partition coefficient (Wildman–Crippen LogP) is 2.69. The van der Waals surface area contributed by atoms with Crippen LogP contribution in [0.3, 0.4) is 0 Å². The Morgan fingerprint density at radius 1 is 1.23 bits per heavy atom. The number of carbonyl (C=O) groups is 1. The number of benzene rings is 2. The summed E-state index contributed by atoms with van der Waals surface area (Å²) in [6, 6.07) is 12.1. The molecule has 0 unspecified atom stereocenters. The molecule has 35 heavy (non-hydrogen) atoms. The van der Waals surface area contributed by atoms with Crippen molar-refractivity contribution in [3.63, 3.8) is 0 Å². The number of hydrogen-bond acceptors (Lipinski definition) is 8. The average molecular weight is 494 g/mol. The SMILES string of the molecule is CCOC(=O)C1=C(C)n2c(s/c(=C\c3ccc(O)c(OC)c3)c2=O)=N[C@H]1c1ccc(N(C)C)cc1. The lowest BCUT2D eigenvalue weighted by Gasteiger charge is -2.23. The number of ether oxygens (including phenoxy) is 2. The minimum Gasteiger partial charge on any atom is -0.504 e. The Balaban J connectivity index is 1.90. The van der Waals surface area contributed by atoms with E-state index in [1.54, 1.807) is 32.1 Å². The number of aromatic hydroxyl groups is 1. The van der Waals surface area contributed by atoms with Crippen LogP contribution in [0.1, 0.15) is 31.0 Å². The van der Waals surface area contributed by atoms with Crippen molar-refractivity contribution in [3.05, 3.63) is 78.9 Å². The fourth-order valence-corrected chi connectivity index (χ4v) is 4.99. The highest BCUT2D eigenvalue weighted by Crippen LogP contribution is 2.33. The topological polar surface area (TPSA) is 93.4 Å². The van der Waals surface area contributed by atoms with E-state index in [1.165, 1.54) is 29.1 Å². The van der Waals surface area contributed by atoms with Gasteiger partial charge in [-0.1, -0.05) is 29.5 Å². The highest BCUT2D eigenvalue weighted by atomic mass is 32.1. The number of phenols is 1. The maximum Gasteiger partial charge on any atom is 0.338 e. The summed E-state index contributed by atoms with van der Waals surface area (Å²) < 4.78 is 12.4. The molecule has 182 valence electrons. The summed E-state index contributed by atoms with van der Waals surface area (Å²) >= 11 is 1.24. The second-order valence-corrected chi connectivity index (χ2v) is 9.21. The first kappa shape index (κ1) is 24.3. The summed E-state index contributed by atoms with van der Waals surface area (Å²) in [5, 5.41) is 9.86. The molecule has 0 saturated carbocycles. The second kappa shape index (κ2) is 9.79. The van der Waals surface area contributed by atoms with E-state index in [0.717, 1.165) is 11.3 Å². The molecule has 0 radical (unpaired) electrons. The summed E-state index contributed by atoms with van der Waals surface area (Å²) in [7, 11) is 5.38. The van der Waals surface area contributed by atoms with Crippen LogP contribution in [-0.4, -0.2) is 43.5 Å². The number of anilines is 1. The second-order valence-electron chi connectivity index (χ2n) is 8.20. The van der Waals surface area contributed by atoms with E-state index < -0.39 is 12.0 Å². The van der Waals surface area contributed by atoms with Crippen molar-refractivity contribution in [1.29, 1.82) is 0 Å². The Bertz CT molecular complexity index is 1480. The smallest absolute Gasteiger partial charge is 0.338 e. The number of esters is 1. The van der Waals surface area contributed by atoms with E-state index in [-0.39, 0.29) is 17.9 Å². The predicted molar refractivity (Wildman–Crippen MR) is 137 cm³/mol. The number of hydrogen-bond donors (Lipinski definition) is 1. The number of nitrogens with zero attached hydrogens (tertiary/aromatic N) is 3. The lowest BCUT2D eigenvalue weighted by molar-refractivity contribution is -0.138. The molecule has 8 nitrogen and oxygen atoms in total. The van der Waals surface area contributed by atoms with Gasteiger partial charge in [-0.2, -0.15) is 0 Å². The first-order valence-corrected chi connectivity index (χ1v) is 11.9. The molecule has 0 fully saturated rings. The van der Waals surface area contributed by atoms with Gasteiger partial charge in [0.2, 0.25) is 0 Å². The Morgan fingerprint density at radius 2 is 1.94 bits per heavy atom. The summed E-state index contributed by atoms with van der Waals surface area (Å²) in [6.45, 7) is 3.71. The van der Waals surface area contributed by atoms with Gasteiger partial charge in [-0.25, -0.2) is 9.79 Å². The minimum absolute atomic E-state index is 0.0165. The molecule has 0 bridgehead atoms. The van der Waals surface area contributed by atoms with Crippen molar-refractivity contribution >= 4 is 34.8 Å². The van der Waals surface area contributed by atoms with Crippen LogP contribution < -0.4 is 24.5 Å². The maximum atomic E-state index is 13.3. The number of carbonyl (C=O) groups excluding carboxylic acids is 1. The van der Waals surface area contributed by atoms with Gasteiger partial charge in [0, 0.05) is 25.5 Å². The summed E-state index contributed by atoms with van der Waals surface area (Å²) in [5.41, 5.74) is 3.12. The van der Waals surface area contributed by atoms with E-state index >= 15 is 0 Å². The largest absolute Gasteiger partial charge is 0.504 e. The molecule has 3 aromatic rings. The van der Waals surface area contributed by atoms with E-state index in [2.05, 4.69) is 0 Å². The summed E-state index contributed by atoms with van der Waals surface area (Å²) in [6.07, 6.45) is 1.72. The van der Waals surface area contributed by atoms with E-state index in [0.29, 0.717) is 31.9 Å². The van der Waals surface area contributed by atoms with E-state index in [4.69, 9.17) is 14.5 Å². The van der Waals surface area contributed by atoms with E-state index in [1.807, 2.05) is 43.3 Å². The van der Waals surface area contributed by atoms with Crippen molar-refractivity contribution in [2.45, 2.75) is 19.9 Å². The van der Waals surface area contributed by atoms with Gasteiger partial charge in [-0.3, -0.25) is 9.36 Å². The number of thiazole rings is 1. The van der Waals surface area contributed by atoms with Crippen LogP contribution in [-0.2, 0) is 9.53 Å². The molecule has 1 N–H and O–H groups in total.